The van der Waals surface area contributed by atoms with Gasteiger partial charge in [-0.05, 0) is 43.8 Å². The Balaban J connectivity index is 2.39. The molecule has 3 nitrogen and oxygen atoms in total. The van der Waals surface area contributed by atoms with Crippen LogP contribution in [0.5, 0.6) is 0 Å². The van der Waals surface area contributed by atoms with E-state index in [1.165, 1.54) is 0 Å². The van der Waals surface area contributed by atoms with Crippen molar-refractivity contribution in [1.82, 2.24) is 9.88 Å². The number of aromatic nitrogens is 1. The largest absolute Gasteiger partial charge is 0.380 e. The monoisotopic (exact) mass is 256 g/mol. The summed E-state index contributed by atoms with van der Waals surface area (Å²) < 4.78 is 0. The molecule has 2 aromatic rings. The predicted molar refractivity (Wildman–Crippen MR) is 76.8 cm³/mol. The van der Waals surface area contributed by atoms with Crippen LogP contribution in [0.25, 0.3) is 0 Å². The van der Waals surface area contributed by atoms with Crippen LogP contribution in [0, 0.1) is 0 Å². The minimum absolute atomic E-state index is 0.647. The SMILES string of the molecule is CN(C)CC[C@@](O)(c1ccccc1)c1ccncc1. The predicted octanol–water partition coefficient (Wildman–Crippen LogP) is 2.27. The molecule has 2 rings (SSSR count). The molecule has 0 aliphatic heterocycles. The Morgan fingerprint density at radius 2 is 1.58 bits per heavy atom. The van der Waals surface area contributed by atoms with Gasteiger partial charge in [0.1, 0.15) is 5.60 Å². The zero-order valence-electron chi connectivity index (χ0n) is 11.5. The molecule has 1 aromatic carbocycles. The third kappa shape index (κ3) is 3.19. The topological polar surface area (TPSA) is 36.4 Å². The van der Waals surface area contributed by atoms with Gasteiger partial charge in [-0.15, -0.1) is 0 Å². The summed E-state index contributed by atoms with van der Waals surface area (Å²) in [6.45, 7) is 0.813. The van der Waals surface area contributed by atoms with Gasteiger partial charge in [-0.25, -0.2) is 0 Å². The van der Waals surface area contributed by atoms with Crippen molar-refractivity contribution in [2.45, 2.75) is 12.0 Å². The summed E-state index contributed by atoms with van der Waals surface area (Å²) in [4.78, 5) is 6.10. The highest BCUT2D eigenvalue weighted by atomic mass is 16.3. The average Bonchev–Trinajstić information content (AvgIpc) is 2.46. The quantitative estimate of drug-likeness (QED) is 0.891. The number of rotatable bonds is 5. The summed E-state index contributed by atoms with van der Waals surface area (Å²) in [6.07, 6.45) is 4.09. The molecule has 0 saturated carbocycles. The number of aliphatic hydroxyl groups is 1. The molecular weight excluding hydrogens is 236 g/mol. The lowest BCUT2D eigenvalue weighted by Crippen LogP contribution is -2.31. The van der Waals surface area contributed by atoms with Crippen LogP contribution < -0.4 is 0 Å². The van der Waals surface area contributed by atoms with Gasteiger partial charge in [-0.3, -0.25) is 4.98 Å². The molecule has 0 aliphatic carbocycles. The second-order valence-electron chi connectivity index (χ2n) is 5.02. The van der Waals surface area contributed by atoms with E-state index in [0.717, 1.165) is 17.7 Å². The van der Waals surface area contributed by atoms with Gasteiger partial charge in [-0.2, -0.15) is 0 Å². The molecule has 0 bridgehead atoms. The molecule has 1 aromatic heterocycles. The van der Waals surface area contributed by atoms with E-state index in [1.54, 1.807) is 12.4 Å². The molecule has 0 fully saturated rings. The van der Waals surface area contributed by atoms with E-state index in [9.17, 15) is 5.11 Å². The molecule has 1 heterocycles. The maximum Gasteiger partial charge on any atom is 0.116 e. The number of hydrogen-bond donors (Lipinski definition) is 1. The van der Waals surface area contributed by atoms with Crippen LogP contribution >= 0.6 is 0 Å². The summed E-state index contributed by atoms with van der Waals surface area (Å²) in [5.74, 6) is 0. The molecule has 0 unspecified atom stereocenters. The van der Waals surface area contributed by atoms with Crippen LogP contribution in [0.3, 0.4) is 0 Å². The summed E-state index contributed by atoms with van der Waals surface area (Å²) in [5, 5.41) is 11.1. The zero-order valence-corrected chi connectivity index (χ0v) is 11.5. The number of benzene rings is 1. The molecule has 19 heavy (non-hydrogen) atoms. The fraction of sp³-hybridized carbons (Fsp3) is 0.312. The lowest BCUT2D eigenvalue weighted by atomic mass is 9.84. The van der Waals surface area contributed by atoms with E-state index in [1.807, 2.05) is 56.6 Å². The Morgan fingerprint density at radius 1 is 1.00 bits per heavy atom. The highest BCUT2D eigenvalue weighted by Crippen LogP contribution is 2.32. The number of pyridine rings is 1. The molecule has 0 aliphatic rings. The van der Waals surface area contributed by atoms with Crippen molar-refractivity contribution in [3.63, 3.8) is 0 Å². The lowest BCUT2D eigenvalue weighted by Gasteiger charge is -2.30. The van der Waals surface area contributed by atoms with Gasteiger partial charge in [-0.1, -0.05) is 30.3 Å². The summed E-state index contributed by atoms with van der Waals surface area (Å²) in [7, 11) is 4.02. The first-order valence-corrected chi connectivity index (χ1v) is 6.46. The van der Waals surface area contributed by atoms with Crippen molar-refractivity contribution in [1.29, 1.82) is 0 Å². The molecule has 1 N–H and O–H groups in total. The van der Waals surface area contributed by atoms with Gasteiger partial charge < -0.3 is 10.0 Å². The molecule has 3 heteroatoms. The molecule has 0 saturated heterocycles. The Morgan fingerprint density at radius 3 is 2.16 bits per heavy atom. The molecular formula is C16H20N2O. The minimum atomic E-state index is -0.964. The first-order chi connectivity index (χ1) is 9.13. The highest BCUT2D eigenvalue weighted by molar-refractivity contribution is 5.34. The smallest absolute Gasteiger partial charge is 0.116 e. The Labute approximate surface area is 114 Å². The third-order valence-electron chi connectivity index (χ3n) is 3.33. The fourth-order valence-electron chi connectivity index (χ4n) is 2.18. The van der Waals surface area contributed by atoms with Crippen LogP contribution in [0.1, 0.15) is 17.5 Å². The first-order valence-electron chi connectivity index (χ1n) is 6.46. The summed E-state index contributed by atoms with van der Waals surface area (Å²) in [5.41, 5.74) is 0.840. The molecule has 100 valence electrons. The van der Waals surface area contributed by atoms with E-state index < -0.39 is 5.60 Å². The van der Waals surface area contributed by atoms with Crippen LogP contribution in [0.4, 0.5) is 0 Å². The highest BCUT2D eigenvalue weighted by Gasteiger charge is 2.31. The first kappa shape index (κ1) is 13.7. The lowest BCUT2D eigenvalue weighted by molar-refractivity contribution is 0.0628. The van der Waals surface area contributed by atoms with Gasteiger partial charge >= 0.3 is 0 Å². The summed E-state index contributed by atoms with van der Waals surface area (Å²) in [6, 6.07) is 13.6. The third-order valence-corrected chi connectivity index (χ3v) is 3.33. The number of hydrogen-bond acceptors (Lipinski definition) is 3. The van der Waals surface area contributed by atoms with E-state index in [-0.39, 0.29) is 0 Å². The van der Waals surface area contributed by atoms with Gasteiger partial charge in [0.2, 0.25) is 0 Å². The average molecular weight is 256 g/mol. The van der Waals surface area contributed by atoms with E-state index >= 15 is 0 Å². The van der Waals surface area contributed by atoms with Crippen molar-refractivity contribution in [3.05, 3.63) is 66.0 Å². The number of nitrogens with zero attached hydrogens (tertiary/aromatic N) is 2. The van der Waals surface area contributed by atoms with Gasteiger partial charge in [0.05, 0.1) is 0 Å². The molecule has 0 spiro atoms. The maximum absolute atomic E-state index is 11.1. The van der Waals surface area contributed by atoms with Crippen LogP contribution in [-0.4, -0.2) is 35.6 Å². The van der Waals surface area contributed by atoms with Gasteiger partial charge in [0.25, 0.3) is 0 Å². The second kappa shape index (κ2) is 5.95. The van der Waals surface area contributed by atoms with Crippen molar-refractivity contribution in [2.75, 3.05) is 20.6 Å². The van der Waals surface area contributed by atoms with Crippen molar-refractivity contribution >= 4 is 0 Å². The van der Waals surface area contributed by atoms with E-state index in [4.69, 9.17) is 0 Å². The Kier molecular flexibility index (Phi) is 4.30. The molecule has 0 radical (unpaired) electrons. The van der Waals surface area contributed by atoms with Crippen molar-refractivity contribution < 1.29 is 5.11 Å². The molecule has 1 atom stereocenters. The van der Waals surface area contributed by atoms with Crippen LogP contribution in [-0.2, 0) is 5.60 Å². The second-order valence-corrected chi connectivity index (χ2v) is 5.02. The zero-order chi connectivity index (χ0) is 13.7. The maximum atomic E-state index is 11.1. The van der Waals surface area contributed by atoms with Crippen molar-refractivity contribution in [2.24, 2.45) is 0 Å². The molecule has 0 amide bonds. The standard InChI is InChI=1S/C16H20N2O/c1-18(2)13-10-16(19,14-6-4-3-5-7-14)15-8-11-17-12-9-15/h3-9,11-12,19H,10,13H2,1-2H3/t16-/m1/s1. The normalized spacial score (nSPS) is 14.3. The van der Waals surface area contributed by atoms with Crippen LogP contribution in [0.2, 0.25) is 0 Å². The van der Waals surface area contributed by atoms with Gasteiger partial charge in [0, 0.05) is 18.9 Å². The summed E-state index contributed by atoms with van der Waals surface area (Å²) >= 11 is 0. The fourth-order valence-corrected chi connectivity index (χ4v) is 2.18. The van der Waals surface area contributed by atoms with Crippen LogP contribution in [0.15, 0.2) is 54.9 Å². The Hall–Kier alpha value is -1.71. The minimum Gasteiger partial charge on any atom is -0.380 e. The van der Waals surface area contributed by atoms with Gasteiger partial charge in [0.15, 0.2) is 0 Å². The Bertz CT molecular complexity index is 457. The van der Waals surface area contributed by atoms with E-state index in [0.29, 0.717) is 6.42 Å². The van der Waals surface area contributed by atoms with Crippen molar-refractivity contribution in [3.8, 4) is 0 Å². The van der Waals surface area contributed by atoms with E-state index in [2.05, 4.69) is 9.88 Å².